The minimum Gasteiger partial charge on any atom is -0.369 e. The molecule has 2 heterocycles. The van der Waals surface area contributed by atoms with Gasteiger partial charge in [0.15, 0.2) is 5.82 Å². The third-order valence-electron chi connectivity index (χ3n) is 3.67. The molecule has 7 heteroatoms. The highest BCUT2D eigenvalue weighted by molar-refractivity contribution is 5.88. The molecule has 0 aromatic carbocycles. The fourth-order valence-electron chi connectivity index (χ4n) is 2.24. The van der Waals surface area contributed by atoms with Gasteiger partial charge < -0.3 is 15.2 Å². The molecule has 1 aromatic heterocycles. The highest BCUT2D eigenvalue weighted by Gasteiger charge is 2.27. The number of primary amides is 1. The summed E-state index contributed by atoms with van der Waals surface area (Å²) in [5, 5.41) is 6.57. The van der Waals surface area contributed by atoms with Crippen molar-refractivity contribution in [2.45, 2.75) is 39.0 Å². The third kappa shape index (κ3) is 3.74. The molecule has 2 rings (SSSR count). The average Bonchev–Trinajstić information content (AvgIpc) is 2.87. The van der Waals surface area contributed by atoms with Gasteiger partial charge in [0.2, 0.25) is 5.91 Å². The Morgan fingerprint density at radius 3 is 2.48 bits per heavy atom. The summed E-state index contributed by atoms with van der Waals surface area (Å²) in [6, 6.07) is 1.50. The van der Waals surface area contributed by atoms with Crippen LogP contribution in [0.4, 0.5) is 10.6 Å². The first-order chi connectivity index (χ1) is 9.77. The summed E-state index contributed by atoms with van der Waals surface area (Å²) in [6.07, 6.45) is 1.21. The molecule has 0 radical (unpaired) electrons. The van der Waals surface area contributed by atoms with E-state index < -0.39 is 0 Å². The highest BCUT2D eigenvalue weighted by Crippen LogP contribution is 2.24. The normalized spacial score (nSPS) is 16.8. The molecule has 0 unspecified atom stereocenters. The van der Waals surface area contributed by atoms with Crippen molar-refractivity contribution in [3.8, 4) is 0 Å². The number of likely N-dealkylation sites (tertiary alicyclic amines) is 1. The lowest BCUT2D eigenvalue weighted by atomic mass is 9.93. The van der Waals surface area contributed by atoms with Crippen LogP contribution in [-0.2, 0) is 10.2 Å². The molecule has 21 heavy (non-hydrogen) atoms. The molecule has 1 saturated heterocycles. The largest absolute Gasteiger partial charge is 0.369 e. The predicted octanol–water partition coefficient (Wildman–Crippen LogP) is 1.70. The zero-order chi connectivity index (χ0) is 15.6. The SMILES string of the molecule is CC(C)(C)c1cc(NC(=O)N2CCC(C(N)=O)CC2)no1. The average molecular weight is 294 g/mol. The van der Waals surface area contributed by atoms with Gasteiger partial charge in [0.25, 0.3) is 0 Å². The van der Waals surface area contributed by atoms with Gasteiger partial charge >= 0.3 is 6.03 Å². The Morgan fingerprint density at radius 2 is 2.00 bits per heavy atom. The Morgan fingerprint density at radius 1 is 1.38 bits per heavy atom. The van der Waals surface area contributed by atoms with Gasteiger partial charge in [-0.2, -0.15) is 0 Å². The Hall–Kier alpha value is -2.05. The number of hydrogen-bond acceptors (Lipinski definition) is 4. The molecular formula is C14H22N4O3. The molecule has 0 atom stereocenters. The van der Waals surface area contributed by atoms with Crippen molar-refractivity contribution in [3.63, 3.8) is 0 Å². The van der Waals surface area contributed by atoms with E-state index in [4.69, 9.17) is 10.3 Å². The van der Waals surface area contributed by atoms with E-state index in [-0.39, 0.29) is 23.3 Å². The summed E-state index contributed by atoms with van der Waals surface area (Å²) in [7, 11) is 0. The lowest BCUT2D eigenvalue weighted by Gasteiger charge is -2.30. The number of nitrogens with two attached hydrogens (primary N) is 1. The number of anilines is 1. The van der Waals surface area contributed by atoms with Crippen LogP contribution in [0.15, 0.2) is 10.6 Å². The van der Waals surface area contributed by atoms with E-state index in [9.17, 15) is 9.59 Å². The Kier molecular flexibility index (Phi) is 4.20. The number of aromatic nitrogens is 1. The quantitative estimate of drug-likeness (QED) is 0.866. The van der Waals surface area contributed by atoms with Gasteiger partial charge in [-0.25, -0.2) is 4.79 Å². The second-order valence-electron chi connectivity index (χ2n) is 6.42. The summed E-state index contributed by atoms with van der Waals surface area (Å²) < 4.78 is 5.22. The number of carbonyl (C=O) groups is 2. The van der Waals surface area contributed by atoms with Crippen LogP contribution < -0.4 is 11.1 Å². The van der Waals surface area contributed by atoms with Crippen LogP contribution in [0.5, 0.6) is 0 Å². The first-order valence-corrected chi connectivity index (χ1v) is 7.10. The molecule has 7 nitrogen and oxygen atoms in total. The van der Waals surface area contributed by atoms with E-state index >= 15 is 0 Å². The number of hydrogen-bond donors (Lipinski definition) is 2. The monoisotopic (exact) mass is 294 g/mol. The standard InChI is InChI=1S/C14H22N4O3/c1-14(2,3)10-8-11(17-21-10)16-13(20)18-6-4-9(5-7-18)12(15)19/h8-9H,4-7H2,1-3H3,(H2,15,19)(H,16,17,20). The zero-order valence-electron chi connectivity index (χ0n) is 12.7. The van der Waals surface area contributed by atoms with Gasteiger partial charge in [-0.15, -0.1) is 0 Å². The maximum atomic E-state index is 12.1. The number of nitrogens with one attached hydrogen (secondary N) is 1. The summed E-state index contributed by atoms with van der Waals surface area (Å²) >= 11 is 0. The lowest BCUT2D eigenvalue weighted by molar-refractivity contribution is -0.122. The number of urea groups is 1. The van der Waals surface area contributed by atoms with Gasteiger partial charge in [-0.3, -0.25) is 10.1 Å². The van der Waals surface area contributed by atoms with Gasteiger partial charge in [0.1, 0.15) is 5.76 Å². The number of amides is 3. The molecule has 0 aliphatic carbocycles. The van der Waals surface area contributed by atoms with Crippen LogP contribution in [-0.4, -0.2) is 35.1 Å². The molecule has 1 aromatic rings. The van der Waals surface area contributed by atoms with E-state index in [1.54, 1.807) is 11.0 Å². The second-order valence-corrected chi connectivity index (χ2v) is 6.42. The number of piperidine rings is 1. The Balaban J connectivity index is 1.91. The van der Waals surface area contributed by atoms with Crippen molar-refractivity contribution < 1.29 is 14.1 Å². The molecule has 3 amide bonds. The molecule has 1 aliphatic rings. The molecule has 1 aliphatic heterocycles. The van der Waals surface area contributed by atoms with Crippen molar-refractivity contribution >= 4 is 17.8 Å². The number of carbonyl (C=O) groups excluding carboxylic acids is 2. The first kappa shape index (κ1) is 15.3. The fraction of sp³-hybridized carbons (Fsp3) is 0.643. The van der Waals surface area contributed by atoms with Crippen LogP contribution in [0.1, 0.15) is 39.4 Å². The summed E-state index contributed by atoms with van der Waals surface area (Å²) in [5.41, 5.74) is 5.12. The Bertz CT molecular complexity index is 525. The van der Waals surface area contributed by atoms with Crippen LogP contribution in [0.2, 0.25) is 0 Å². The third-order valence-corrected chi connectivity index (χ3v) is 3.67. The molecule has 0 bridgehead atoms. The van der Waals surface area contributed by atoms with Crippen LogP contribution in [0.25, 0.3) is 0 Å². The molecule has 1 fully saturated rings. The van der Waals surface area contributed by atoms with E-state index in [0.717, 1.165) is 0 Å². The number of rotatable bonds is 2. The van der Waals surface area contributed by atoms with Gasteiger partial charge in [-0.05, 0) is 12.8 Å². The molecular weight excluding hydrogens is 272 g/mol. The molecule has 0 saturated carbocycles. The Labute approximate surface area is 123 Å². The fourth-order valence-corrected chi connectivity index (χ4v) is 2.24. The lowest BCUT2D eigenvalue weighted by Crippen LogP contribution is -2.43. The van der Waals surface area contributed by atoms with Crippen molar-refractivity contribution in [2.75, 3.05) is 18.4 Å². The minimum absolute atomic E-state index is 0.131. The maximum Gasteiger partial charge on any atom is 0.323 e. The summed E-state index contributed by atoms with van der Waals surface area (Å²) in [4.78, 5) is 24.9. The van der Waals surface area contributed by atoms with Gasteiger partial charge in [0.05, 0.1) is 0 Å². The summed E-state index contributed by atoms with van der Waals surface area (Å²) in [6.45, 7) is 7.06. The van der Waals surface area contributed by atoms with Crippen molar-refractivity contribution in [1.82, 2.24) is 10.1 Å². The van der Waals surface area contributed by atoms with E-state index in [1.807, 2.05) is 20.8 Å². The smallest absolute Gasteiger partial charge is 0.323 e. The van der Waals surface area contributed by atoms with Crippen LogP contribution in [0, 0.1) is 5.92 Å². The van der Waals surface area contributed by atoms with E-state index in [2.05, 4.69) is 10.5 Å². The highest BCUT2D eigenvalue weighted by atomic mass is 16.5. The summed E-state index contributed by atoms with van der Waals surface area (Å²) in [5.74, 6) is 0.696. The minimum atomic E-state index is -0.290. The van der Waals surface area contributed by atoms with Crippen molar-refractivity contribution in [1.29, 1.82) is 0 Å². The van der Waals surface area contributed by atoms with E-state index in [1.165, 1.54) is 0 Å². The van der Waals surface area contributed by atoms with Crippen LogP contribution >= 0.6 is 0 Å². The predicted molar refractivity (Wildman–Crippen MR) is 77.7 cm³/mol. The molecule has 0 spiro atoms. The van der Waals surface area contributed by atoms with Crippen molar-refractivity contribution in [3.05, 3.63) is 11.8 Å². The zero-order valence-corrected chi connectivity index (χ0v) is 12.7. The number of nitrogens with zero attached hydrogens (tertiary/aromatic N) is 2. The van der Waals surface area contributed by atoms with Crippen LogP contribution in [0.3, 0.4) is 0 Å². The molecule has 116 valence electrons. The maximum absolute atomic E-state index is 12.1. The van der Waals surface area contributed by atoms with Gasteiger partial charge in [0, 0.05) is 30.5 Å². The first-order valence-electron chi connectivity index (χ1n) is 7.10. The molecule has 3 N–H and O–H groups in total. The van der Waals surface area contributed by atoms with Crippen molar-refractivity contribution in [2.24, 2.45) is 11.7 Å². The topological polar surface area (TPSA) is 101 Å². The van der Waals surface area contributed by atoms with Gasteiger partial charge in [-0.1, -0.05) is 25.9 Å². The van der Waals surface area contributed by atoms with E-state index in [0.29, 0.717) is 37.5 Å². The second kappa shape index (κ2) is 5.75.